The van der Waals surface area contributed by atoms with Crippen LogP contribution in [0.1, 0.15) is 41.4 Å². The molecular weight excluding hydrogens is 397 g/mol. The molecule has 1 N–H and O–H groups in total. The number of hydrogen-bond donors (Lipinski definition) is 1. The third kappa shape index (κ3) is 5.37. The maximum atomic E-state index is 12.8. The number of carbonyl (C=O) groups is 1. The summed E-state index contributed by atoms with van der Waals surface area (Å²) >= 11 is 0. The van der Waals surface area contributed by atoms with E-state index in [2.05, 4.69) is 15.4 Å². The number of amides is 1. The van der Waals surface area contributed by atoms with Gasteiger partial charge in [0.1, 0.15) is 5.75 Å². The molecule has 158 valence electrons. The Labute approximate surface area is 171 Å². The predicted molar refractivity (Wildman–Crippen MR) is 105 cm³/mol. The number of nitrogens with zero attached hydrogens (tertiary/aromatic N) is 3. The standard InChI is InChI=1S/C21H21F3N4O2/c1-14(2)19-17(12-27-28(19)18-8-3-4-9-25-18)20(29)26-11-15-6-5-7-16(10-15)30-13-21(22,23)24/h3-10,12,14H,11,13H2,1-2H3,(H,26,29). The van der Waals surface area contributed by atoms with E-state index in [1.807, 2.05) is 19.9 Å². The zero-order valence-electron chi connectivity index (χ0n) is 16.5. The molecule has 9 heteroatoms. The quantitative estimate of drug-likeness (QED) is 0.623. The second-order valence-electron chi connectivity index (χ2n) is 6.93. The minimum absolute atomic E-state index is 0.00866. The molecule has 0 unspecified atom stereocenters. The molecule has 0 fully saturated rings. The third-order valence-electron chi connectivity index (χ3n) is 4.22. The van der Waals surface area contributed by atoms with Crippen LogP contribution in [-0.4, -0.2) is 33.5 Å². The highest BCUT2D eigenvalue weighted by Gasteiger charge is 2.28. The van der Waals surface area contributed by atoms with Gasteiger partial charge in [-0.3, -0.25) is 4.79 Å². The summed E-state index contributed by atoms with van der Waals surface area (Å²) < 4.78 is 43.3. The molecule has 0 atom stereocenters. The first-order chi connectivity index (χ1) is 14.2. The minimum atomic E-state index is -4.41. The fourth-order valence-electron chi connectivity index (χ4n) is 2.94. The SMILES string of the molecule is CC(C)c1c(C(=O)NCc2cccc(OCC(F)(F)F)c2)cnn1-c1ccccn1. The van der Waals surface area contributed by atoms with E-state index in [-0.39, 0.29) is 24.1 Å². The highest BCUT2D eigenvalue weighted by atomic mass is 19.4. The Bertz CT molecular complexity index is 1000. The number of ether oxygens (including phenoxy) is 1. The highest BCUT2D eigenvalue weighted by molar-refractivity contribution is 5.95. The van der Waals surface area contributed by atoms with E-state index >= 15 is 0 Å². The van der Waals surface area contributed by atoms with Gasteiger partial charge in [0.05, 0.1) is 17.5 Å². The van der Waals surface area contributed by atoms with Crippen molar-refractivity contribution < 1.29 is 22.7 Å². The van der Waals surface area contributed by atoms with Crippen LogP contribution >= 0.6 is 0 Å². The minimum Gasteiger partial charge on any atom is -0.484 e. The molecule has 0 saturated carbocycles. The number of alkyl halides is 3. The van der Waals surface area contributed by atoms with Crippen LogP contribution in [0, 0.1) is 0 Å². The van der Waals surface area contributed by atoms with Crippen molar-refractivity contribution in [2.45, 2.75) is 32.5 Å². The lowest BCUT2D eigenvalue weighted by Gasteiger charge is -2.13. The monoisotopic (exact) mass is 418 g/mol. The number of aromatic nitrogens is 3. The Kier molecular flexibility index (Phi) is 6.39. The van der Waals surface area contributed by atoms with E-state index in [0.29, 0.717) is 22.6 Å². The van der Waals surface area contributed by atoms with Gasteiger partial charge < -0.3 is 10.1 Å². The number of carbonyl (C=O) groups excluding carboxylic acids is 1. The summed E-state index contributed by atoms with van der Waals surface area (Å²) in [5.74, 6) is 0.372. The molecule has 2 aromatic heterocycles. The zero-order chi connectivity index (χ0) is 21.7. The van der Waals surface area contributed by atoms with Crippen LogP contribution in [-0.2, 0) is 6.54 Å². The number of nitrogens with one attached hydrogen (secondary N) is 1. The fourth-order valence-corrected chi connectivity index (χ4v) is 2.94. The second kappa shape index (κ2) is 8.98. The summed E-state index contributed by atoms with van der Waals surface area (Å²) in [5, 5.41) is 7.10. The maximum Gasteiger partial charge on any atom is 0.422 e. The summed E-state index contributed by atoms with van der Waals surface area (Å²) in [5.41, 5.74) is 1.75. The van der Waals surface area contributed by atoms with Crippen molar-refractivity contribution in [1.29, 1.82) is 0 Å². The Morgan fingerprint density at radius 2 is 2.00 bits per heavy atom. The molecule has 0 radical (unpaired) electrons. The van der Waals surface area contributed by atoms with Crippen LogP contribution in [0.5, 0.6) is 5.75 Å². The Morgan fingerprint density at radius 3 is 2.67 bits per heavy atom. The average molecular weight is 418 g/mol. The van der Waals surface area contributed by atoms with Crippen molar-refractivity contribution in [2.24, 2.45) is 0 Å². The Morgan fingerprint density at radius 1 is 1.20 bits per heavy atom. The van der Waals surface area contributed by atoms with Crippen LogP contribution in [0.2, 0.25) is 0 Å². The van der Waals surface area contributed by atoms with Crippen molar-refractivity contribution in [3.8, 4) is 11.6 Å². The summed E-state index contributed by atoms with van der Waals surface area (Å²) in [4.78, 5) is 17.0. The average Bonchev–Trinajstić information content (AvgIpc) is 3.17. The fraction of sp³-hybridized carbons (Fsp3) is 0.286. The second-order valence-corrected chi connectivity index (χ2v) is 6.93. The van der Waals surface area contributed by atoms with Crippen molar-refractivity contribution in [3.05, 3.63) is 71.7 Å². The van der Waals surface area contributed by atoms with Gasteiger partial charge in [-0.2, -0.15) is 18.3 Å². The molecule has 0 aliphatic rings. The molecule has 0 aliphatic carbocycles. The third-order valence-corrected chi connectivity index (χ3v) is 4.22. The van der Waals surface area contributed by atoms with Crippen LogP contribution < -0.4 is 10.1 Å². The smallest absolute Gasteiger partial charge is 0.422 e. The van der Waals surface area contributed by atoms with Gasteiger partial charge in [0.25, 0.3) is 5.91 Å². The van der Waals surface area contributed by atoms with Gasteiger partial charge in [-0.05, 0) is 35.7 Å². The van der Waals surface area contributed by atoms with E-state index in [9.17, 15) is 18.0 Å². The van der Waals surface area contributed by atoms with Crippen LogP contribution in [0.3, 0.4) is 0 Å². The summed E-state index contributed by atoms with van der Waals surface area (Å²) in [6, 6.07) is 11.6. The Balaban J connectivity index is 1.72. The lowest BCUT2D eigenvalue weighted by atomic mass is 10.1. The first kappa shape index (κ1) is 21.4. The van der Waals surface area contributed by atoms with E-state index in [0.717, 1.165) is 0 Å². The first-order valence-electron chi connectivity index (χ1n) is 9.30. The van der Waals surface area contributed by atoms with Gasteiger partial charge in [0.2, 0.25) is 0 Å². The topological polar surface area (TPSA) is 69.0 Å². The van der Waals surface area contributed by atoms with Gasteiger partial charge in [0, 0.05) is 12.7 Å². The molecule has 0 aliphatic heterocycles. The van der Waals surface area contributed by atoms with Gasteiger partial charge >= 0.3 is 6.18 Å². The number of halogens is 3. The number of rotatable bonds is 7. The Hall–Kier alpha value is -3.36. The molecule has 1 aromatic carbocycles. The van der Waals surface area contributed by atoms with E-state index < -0.39 is 12.8 Å². The summed E-state index contributed by atoms with van der Waals surface area (Å²) in [6.07, 6.45) is -1.28. The molecule has 2 heterocycles. The maximum absolute atomic E-state index is 12.8. The molecule has 0 bridgehead atoms. The van der Waals surface area contributed by atoms with Crippen LogP contribution in [0.15, 0.2) is 54.9 Å². The van der Waals surface area contributed by atoms with Crippen molar-refractivity contribution in [2.75, 3.05) is 6.61 Å². The number of benzene rings is 1. The molecular formula is C21H21F3N4O2. The molecule has 1 amide bonds. The molecule has 30 heavy (non-hydrogen) atoms. The number of hydrogen-bond acceptors (Lipinski definition) is 4. The zero-order valence-corrected chi connectivity index (χ0v) is 16.5. The van der Waals surface area contributed by atoms with Crippen molar-refractivity contribution in [3.63, 3.8) is 0 Å². The van der Waals surface area contributed by atoms with E-state index in [1.165, 1.54) is 18.3 Å². The van der Waals surface area contributed by atoms with Crippen molar-refractivity contribution in [1.82, 2.24) is 20.1 Å². The first-order valence-corrected chi connectivity index (χ1v) is 9.30. The normalized spacial score (nSPS) is 11.5. The van der Waals surface area contributed by atoms with E-state index in [4.69, 9.17) is 4.74 Å². The molecule has 0 spiro atoms. The van der Waals surface area contributed by atoms with Crippen LogP contribution in [0.25, 0.3) is 5.82 Å². The molecule has 3 rings (SSSR count). The lowest BCUT2D eigenvalue weighted by molar-refractivity contribution is -0.153. The van der Waals surface area contributed by atoms with Crippen LogP contribution in [0.4, 0.5) is 13.2 Å². The molecule has 6 nitrogen and oxygen atoms in total. The van der Waals surface area contributed by atoms with Gasteiger partial charge in [-0.25, -0.2) is 9.67 Å². The molecule has 0 saturated heterocycles. The van der Waals surface area contributed by atoms with E-state index in [1.54, 1.807) is 35.1 Å². The summed E-state index contributed by atoms with van der Waals surface area (Å²) in [6.45, 7) is 2.67. The largest absolute Gasteiger partial charge is 0.484 e. The van der Waals surface area contributed by atoms with Gasteiger partial charge in [-0.1, -0.05) is 32.0 Å². The van der Waals surface area contributed by atoms with Crippen molar-refractivity contribution >= 4 is 5.91 Å². The van der Waals surface area contributed by atoms with Gasteiger partial charge in [0.15, 0.2) is 12.4 Å². The summed E-state index contributed by atoms with van der Waals surface area (Å²) in [7, 11) is 0. The lowest BCUT2D eigenvalue weighted by Crippen LogP contribution is -2.24. The van der Waals surface area contributed by atoms with Gasteiger partial charge in [-0.15, -0.1) is 0 Å². The number of pyridine rings is 1. The predicted octanol–water partition coefficient (Wildman–Crippen LogP) is 4.26. The molecule has 3 aromatic rings. The highest BCUT2D eigenvalue weighted by Crippen LogP contribution is 2.23.